The van der Waals surface area contributed by atoms with Gasteiger partial charge in [0.2, 0.25) is 0 Å². The number of hydrogen-bond donors (Lipinski definition) is 1. The van der Waals surface area contributed by atoms with E-state index in [0.29, 0.717) is 10.8 Å². The molecule has 1 heterocycles. The molecule has 0 aliphatic rings. The lowest BCUT2D eigenvalue weighted by atomic mass is 10.1. The highest BCUT2D eigenvalue weighted by Gasteiger charge is 2.09. The first-order valence-corrected chi connectivity index (χ1v) is 9.30. The van der Waals surface area contributed by atoms with Crippen LogP contribution < -0.4 is 5.56 Å². The lowest BCUT2D eigenvalue weighted by Gasteiger charge is -2.08. The largest absolute Gasteiger partial charge is 0.478 e. The average Bonchev–Trinajstić information content (AvgIpc) is 2.57. The zero-order valence-electron chi connectivity index (χ0n) is 13.3. The summed E-state index contributed by atoms with van der Waals surface area (Å²) in [6, 6.07) is 12.5. The molecule has 0 aliphatic heterocycles. The van der Waals surface area contributed by atoms with Crippen molar-refractivity contribution in [3.63, 3.8) is 0 Å². The molecule has 3 rings (SSSR count). The Bertz CT molecular complexity index is 1130. The Kier molecular flexibility index (Phi) is 4.18. The Morgan fingerprint density at radius 3 is 2.36 bits per heavy atom. The molecule has 0 aliphatic carbocycles. The summed E-state index contributed by atoms with van der Waals surface area (Å²) in [6.45, 7) is 0.260. The van der Waals surface area contributed by atoms with Crippen LogP contribution in [0.4, 0.5) is 0 Å². The standard InChI is InChI=1S/C18H15NO5S/c1-25(23,24)15-6-2-12(3-7-15)11-19-9-8-13-4-5-14(18(21)22)10-16(13)17(19)20/h2-10H,11H2,1H3,(H,21,22). The maximum Gasteiger partial charge on any atom is 0.335 e. The van der Waals surface area contributed by atoms with Crippen LogP contribution in [0.3, 0.4) is 0 Å². The summed E-state index contributed by atoms with van der Waals surface area (Å²) in [5, 5.41) is 10.1. The second kappa shape index (κ2) is 6.18. The van der Waals surface area contributed by atoms with Crippen LogP contribution in [0, 0.1) is 0 Å². The number of carboxylic acid groups (broad SMARTS) is 1. The first-order valence-electron chi connectivity index (χ1n) is 7.41. The van der Waals surface area contributed by atoms with E-state index >= 15 is 0 Å². The van der Waals surface area contributed by atoms with E-state index in [1.54, 1.807) is 30.5 Å². The molecular weight excluding hydrogens is 342 g/mol. The van der Waals surface area contributed by atoms with Crippen LogP contribution in [-0.2, 0) is 16.4 Å². The van der Waals surface area contributed by atoms with Gasteiger partial charge in [-0.05, 0) is 41.3 Å². The number of sulfone groups is 1. The van der Waals surface area contributed by atoms with Crippen LogP contribution in [0.25, 0.3) is 10.8 Å². The third kappa shape index (κ3) is 3.46. The summed E-state index contributed by atoms with van der Waals surface area (Å²) in [5.74, 6) is -1.09. The van der Waals surface area contributed by atoms with Gasteiger partial charge in [0.05, 0.1) is 17.0 Å². The lowest BCUT2D eigenvalue weighted by molar-refractivity contribution is 0.0697. The molecule has 7 heteroatoms. The number of pyridine rings is 1. The summed E-state index contributed by atoms with van der Waals surface area (Å²) < 4.78 is 24.4. The van der Waals surface area contributed by atoms with Gasteiger partial charge in [0.15, 0.2) is 9.84 Å². The minimum atomic E-state index is -3.27. The quantitative estimate of drug-likeness (QED) is 0.772. The molecule has 0 amide bonds. The zero-order chi connectivity index (χ0) is 18.2. The lowest BCUT2D eigenvalue weighted by Crippen LogP contribution is -2.20. The van der Waals surface area contributed by atoms with Gasteiger partial charge in [-0.1, -0.05) is 18.2 Å². The number of carbonyl (C=O) groups is 1. The minimum absolute atomic E-state index is 0.0554. The van der Waals surface area contributed by atoms with Crippen molar-refractivity contribution >= 4 is 26.6 Å². The van der Waals surface area contributed by atoms with Crippen LogP contribution in [0.15, 0.2) is 64.4 Å². The van der Waals surface area contributed by atoms with E-state index in [0.717, 1.165) is 11.8 Å². The van der Waals surface area contributed by atoms with Gasteiger partial charge in [-0.25, -0.2) is 13.2 Å². The zero-order valence-corrected chi connectivity index (χ0v) is 14.2. The van der Waals surface area contributed by atoms with Gasteiger partial charge < -0.3 is 9.67 Å². The SMILES string of the molecule is CS(=O)(=O)c1ccc(Cn2ccc3ccc(C(=O)O)cc3c2=O)cc1. The predicted molar refractivity (Wildman–Crippen MR) is 93.8 cm³/mol. The Balaban J connectivity index is 2.00. The van der Waals surface area contributed by atoms with Crippen molar-refractivity contribution in [2.75, 3.05) is 6.26 Å². The minimum Gasteiger partial charge on any atom is -0.478 e. The molecule has 128 valence electrons. The molecule has 0 fully saturated rings. The molecule has 0 bridgehead atoms. The summed E-state index contributed by atoms with van der Waals surface area (Å²) in [7, 11) is -3.27. The molecule has 0 unspecified atom stereocenters. The molecular formula is C18H15NO5S. The number of fused-ring (bicyclic) bond motifs is 1. The Morgan fingerprint density at radius 2 is 1.76 bits per heavy atom. The third-order valence-corrected chi connectivity index (χ3v) is 5.06. The second-order valence-electron chi connectivity index (χ2n) is 5.77. The molecule has 25 heavy (non-hydrogen) atoms. The molecule has 3 aromatic rings. The fraction of sp³-hybridized carbons (Fsp3) is 0.111. The number of aromatic nitrogens is 1. The van der Waals surface area contributed by atoms with Crippen molar-refractivity contribution in [1.29, 1.82) is 0 Å². The second-order valence-corrected chi connectivity index (χ2v) is 7.79. The van der Waals surface area contributed by atoms with Crippen molar-refractivity contribution in [3.05, 3.63) is 76.2 Å². The number of hydrogen-bond acceptors (Lipinski definition) is 4. The highest BCUT2D eigenvalue weighted by molar-refractivity contribution is 7.90. The van der Waals surface area contributed by atoms with Gasteiger partial charge in [0.25, 0.3) is 5.56 Å². The molecule has 2 aromatic carbocycles. The van der Waals surface area contributed by atoms with E-state index in [1.807, 2.05) is 0 Å². The van der Waals surface area contributed by atoms with Gasteiger partial charge in [0.1, 0.15) is 0 Å². The molecule has 0 spiro atoms. The van der Waals surface area contributed by atoms with Gasteiger partial charge in [-0.3, -0.25) is 4.79 Å². The van der Waals surface area contributed by atoms with Crippen LogP contribution in [0.2, 0.25) is 0 Å². The Labute approximate surface area is 143 Å². The van der Waals surface area contributed by atoms with E-state index < -0.39 is 15.8 Å². The van der Waals surface area contributed by atoms with E-state index in [4.69, 9.17) is 5.11 Å². The topological polar surface area (TPSA) is 93.4 Å². The third-order valence-electron chi connectivity index (χ3n) is 3.93. The number of aromatic carboxylic acids is 1. The number of carboxylic acids is 1. The first-order chi connectivity index (χ1) is 11.8. The number of nitrogens with zero attached hydrogens (tertiary/aromatic N) is 1. The highest BCUT2D eigenvalue weighted by Crippen LogP contribution is 2.14. The maximum absolute atomic E-state index is 12.6. The van der Waals surface area contributed by atoms with E-state index in [2.05, 4.69) is 0 Å². The Morgan fingerprint density at radius 1 is 1.08 bits per heavy atom. The highest BCUT2D eigenvalue weighted by atomic mass is 32.2. The first kappa shape index (κ1) is 16.9. The molecule has 0 saturated carbocycles. The number of benzene rings is 2. The average molecular weight is 357 g/mol. The molecule has 6 nitrogen and oxygen atoms in total. The molecule has 0 radical (unpaired) electrons. The van der Waals surface area contributed by atoms with Crippen LogP contribution >= 0.6 is 0 Å². The summed E-state index contributed by atoms with van der Waals surface area (Å²) >= 11 is 0. The summed E-state index contributed by atoms with van der Waals surface area (Å²) in [4.78, 5) is 23.9. The normalized spacial score (nSPS) is 11.6. The van der Waals surface area contributed by atoms with Crippen molar-refractivity contribution in [1.82, 2.24) is 4.57 Å². The fourth-order valence-electron chi connectivity index (χ4n) is 2.58. The van der Waals surface area contributed by atoms with Gasteiger partial charge in [-0.15, -0.1) is 0 Å². The van der Waals surface area contributed by atoms with E-state index in [9.17, 15) is 18.0 Å². The molecule has 1 aromatic heterocycles. The number of rotatable bonds is 4. The van der Waals surface area contributed by atoms with Crippen molar-refractivity contribution in [2.24, 2.45) is 0 Å². The maximum atomic E-state index is 12.6. The van der Waals surface area contributed by atoms with Crippen molar-refractivity contribution in [3.8, 4) is 0 Å². The van der Waals surface area contributed by atoms with Gasteiger partial charge in [-0.2, -0.15) is 0 Å². The fourth-order valence-corrected chi connectivity index (χ4v) is 3.21. The van der Waals surface area contributed by atoms with Crippen LogP contribution in [0.5, 0.6) is 0 Å². The Hall–Kier alpha value is -2.93. The van der Waals surface area contributed by atoms with Crippen LogP contribution in [-0.4, -0.2) is 30.3 Å². The summed E-state index contributed by atoms with van der Waals surface area (Å²) in [6.07, 6.45) is 2.77. The van der Waals surface area contributed by atoms with Gasteiger partial charge >= 0.3 is 5.97 Å². The van der Waals surface area contributed by atoms with Gasteiger partial charge in [0, 0.05) is 17.8 Å². The smallest absolute Gasteiger partial charge is 0.335 e. The molecule has 1 N–H and O–H groups in total. The summed E-state index contributed by atoms with van der Waals surface area (Å²) in [5.41, 5.74) is 0.524. The van der Waals surface area contributed by atoms with Crippen LogP contribution in [0.1, 0.15) is 15.9 Å². The monoisotopic (exact) mass is 357 g/mol. The van der Waals surface area contributed by atoms with E-state index in [1.165, 1.54) is 28.8 Å². The van der Waals surface area contributed by atoms with E-state index in [-0.39, 0.29) is 22.6 Å². The van der Waals surface area contributed by atoms with Crippen molar-refractivity contribution < 1.29 is 18.3 Å². The predicted octanol–water partition coefficient (Wildman–Crippen LogP) is 2.15. The molecule has 0 saturated heterocycles. The molecule has 0 atom stereocenters. The van der Waals surface area contributed by atoms with Crippen molar-refractivity contribution in [2.45, 2.75) is 11.4 Å².